The van der Waals surface area contributed by atoms with Gasteiger partial charge in [0.15, 0.2) is 11.0 Å². The van der Waals surface area contributed by atoms with Crippen LogP contribution in [0.1, 0.15) is 18.1 Å². The molecule has 1 aromatic heterocycles. The first-order valence-electron chi connectivity index (χ1n) is 10.9. The Kier molecular flexibility index (Phi) is 7.55. The number of aromatic nitrogens is 3. The van der Waals surface area contributed by atoms with Gasteiger partial charge in [-0.2, -0.15) is 0 Å². The molecule has 1 amide bonds. The molecule has 34 heavy (non-hydrogen) atoms. The number of thioether (sulfide) groups is 1. The second kappa shape index (κ2) is 10.8. The van der Waals surface area contributed by atoms with E-state index in [4.69, 9.17) is 16.3 Å². The monoisotopic (exact) mass is 492 g/mol. The van der Waals surface area contributed by atoms with Crippen molar-refractivity contribution >= 4 is 35.0 Å². The number of carbonyl (C=O) groups excluding carboxylic acids is 1. The van der Waals surface area contributed by atoms with E-state index < -0.39 is 0 Å². The van der Waals surface area contributed by atoms with Crippen LogP contribution >= 0.6 is 23.4 Å². The summed E-state index contributed by atoms with van der Waals surface area (Å²) >= 11 is 7.35. The molecule has 3 aromatic carbocycles. The molecule has 4 rings (SSSR count). The van der Waals surface area contributed by atoms with Gasteiger partial charge in [0.25, 0.3) is 0 Å². The van der Waals surface area contributed by atoms with E-state index in [2.05, 4.69) is 21.6 Å². The highest BCUT2D eigenvalue weighted by atomic mass is 35.5. The van der Waals surface area contributed by atoms with Crippen LogP contribution in [-0.2, 0) is 4.79 Å². The lowest BCUT2D eigenvalue weighted by molar-refractivity contribution is -0.113. The van der Waals surface area contributed by atoms with Gasteiger partial charge in [0.05, 0.1) is 12.4 Å². The Morgan fingerprint density at radius 2 is 1.85 bits per heavy atom. The van der Waals surface area contributed by atoms with Gasteiger partial charge in [0.1, 0.15) is 5.75 Å². The van der Waals surface area contributed by atoms with E-state index in [1.165, 1.54) is 11.8 Å². The number of aryl methyl sites for hydroxylation is 2. The maximum Gasteiger partial charge on any atom is 0.234 e. The van der Waals surface area contributed by atoms with Crippen molar-refractivity contribution in [1.82, 2.24) is 14.8 Å². The number of rotatable bonds is 8. The van der Waals surface area contributed by atoms with E-state index in [0.717, 1.165) is 33.8 Å². The summed E-state index contributed by atoms with van der Waals surface area (Å²) in [7, 11) is 0. The van der Waals surface area contributed by atoms with Crippen molar-refractivity contribution in [2.24, 2.45) is 0 Å². The Bertz CT molecular complexity index is 1300. The van der Waals surface area contributed by atoms with Gasteiger partial charge in [-0.25, -0.2) is 0 Å². The Labute approximate surface area is 208 Å². The maximum absolute atomic E-state index is 12.7. The summed E-state index contributed by atoms with van der Waals surface area (Å²) < 4.78 is 7.55. The quantitative estimate of drug-likeness (QED) is 0.291. The number of carbonyl (C=O) groups is 1. The van der Waals surface area contributed by atoms with E-state index in [-0.39, 0.29) is 11.7 Å². The third kappa shape index (κ3) is 5.61. The van der Waals surface area contributed by atoms with Crippen molar-refractivity contribution in [1.29, 1.82) is 0 Å². The topological polar surface area (TPSA) is 69.0 Å². The lowest BCUT2D eigenvalue weighted by Gasteiger charge is -2.12. The molecule has 6 nitrogen and oxygen atoms in total. The number of nitrogens with zero attached hydrogens (tertiary/aromatic N) is 3. The number of nitrogens with one attached hydrogen (secondary N) is 1. The Morgan fingerprint density at radius 3 is 2.56 bits per heavy atom. The van der Waals surface area contributed by atoms with Crippen molar-refractivity contribution in [3.63, 3.8) is 0 Å². The summed E-state index contributed by atoms with van der Waals surface area (Å²) in [5.74, 6) is 1.56. The normalized spacial score (nSPS) is 10.8. The van der Waals surface area contributed by atoms with Gasteiger partial charge >= 0.3 is 0 Å². The number of anilines is 1. The highest BCUT2D eigenvalue weighted by molar-refractivity contribution is 7.99. The molecule has 0 spiro atoms. The highest BCUT2D eigenvalue weighted by Crippen LogP contribution is 2.29. The third-order valence-electron chi connectivity index (χ3n) is 5.11. The van der Waals surface area contributed by atoms with Crippen LogP contribution in [0.4, 0.5) is 5.69 Å². The predicted molar refractivity (Wildman–Crippen MR) is 138 cm³/mol. The van der Waals surface area contributed by atoms with Gasteiger partial charge in [0, 0.05) is 22.0 Å². The van der Waals surface area contributed by atoms with Crippen LogP contribution in [-0.4, -0.2) is 33.0 Å². The van der Waals surface area contributed by atoms with Crippen molar-refractivity contribution in [3.8, 4) is 22.8 Å². The second-order valence-electron chi connectivity index (χ2n) is 7.73. The number of amides is 1. The Balaban J connectivity index is 1.61. The van der Waals surface area contributed by atoms with Crippen LogP contribution in [0.2, 0.25) is 5.02 Å². The van der Waals surface area contributed by atoms with Crippen molar-refractivity contribution in [2.75, 3.05) is 17.7 Å². The molecule has 4 aromatic rings. The molecule has 0 saturated heterocycles. The molecular weight excluding hydrogens is 468 g/mol. The molecule has 0 unspecified atom stereocenters. The number of hydrogen-bond donors (Lipinski definition) is 1. The lowest BCUT2D eigenvalue weighted by atomic mass is 10.1. The van der Waals surface area contributed by atoms with Gasteiger partial charge in [-0.3, -0.25) is 9.36 Å². The SMILES string of the molecule is CCOc1ccc(-n2c(SCC(=O)Nc3ccc(Cl)cc3C)nnc2-c2cccc(C)c2)cc1. The molecule has 0 aliphatic heterocycles. The molecule has 0 aliphatic rings. The minimum absolute atomic E-state index is 0.131. The zero-order chi connectivity index (χ0) is 24.1. The molecule has 0 fully saturated rings. The second-order valence-corrected chi connectivity index (χ2v) is 9.11. The molecule has 8 heteroatoms. The van der Waals surface area contributed by atoms with E-state index >= 15 is 0 Å². The van der Waals surface area contributed by atoms with Gasteiger partial charge in [0.2, 0.25) is 5.91 Å². The smallest absolute Gasteiger partial charge is 0.234 e. The predicted octanol–water partition coefficient (Wildman–Crippen LogP) is 6.33. The number of ether oxygens (including phenoxy) is 1. The molecular formula is C26H25ClN4O2S. The molecule has 1 N–H and O–H groups in total. The standard InChI is InChI=1S/C26H25ClN4O2S/c1-4-33-22-11-9-21(10-12-22)31-25(19-7-5-6-17(2)14-19)29-30-26(31)34-16-24(32)28-23-13-8-20(27)15-18(23)3/h5-15H,4,16H2,1-3H3,(H,28,32). The third-order valence-corrected chi connectivity index (χ3v) is 6.27. The van der Waals surface area contributed by atoms with Crippen molar-refractivity contribution in [2.45, 2.75) is 25.9 Å². The van der Waals surface area contributed by atoms with Gasteiger partial charge in [-0.15, -0.1) is 10.2 Å². The molecule has 0 radical (unpaired) electrons. The average Bonchev–Trinajstić information content (AvgIpc) is 3.24. The number of benzene rings is 3. The average molecular weight is 493 g/mol. The van der Waals surface area contributed by atoms with E-state index in [1.807, 2.05) is 73.9 Å². The fourth-order valence-electron chi connectivity index (χ4n) is 3.51. The summed E-state index contributed by atoms with van der Waals surface area (Å²) in [5.41, 5.74) is 4.62. The van der Waals surface area contributed by atoms with Crippen LogP contribution < -0.4 is 10.1 Å². The first-order chi connectivity index (χ1) is 16.4. The lowest BCUT2D eigenvalue weighted by Crippen LogP contribution is -2.15. The minimum atomic E-state index is -0.131. The Morgan fingerprint density at radius 1 is 1.06 bits per heavy atom. The summed E-state index contributed by atoms with van der Waals surface area (Å²) in [6.07, 6.45) is 0. The van der Waals surface area contributed by atoms with Crippen LogP contribution in [0.15, 0.2) is 71.9 Å². The van der Waals surface area contributed by atoms with Crippen LogP contribution in [0.25, 0.3) is 17.1 Å². The van der Waals surface area contributed by atoms with E-state index in [9.17, 15) is 4.79 Å². The zero-order valence-corrected chi connectivity index (χ0v) is 20.8. The van der Waals surface area contributed by atoms with Crippen molar-refractivity contribution in [3.05, 3.63) is 82.9 Å². The van der Waals surface area contributed by atoms with E-state index in [0.29, 0.717) is 22.6 Å². The largest absolute Gasteiger partial charge is 0.494 e. The molecule has 174 valence electrons. The summed E-state index contributed by atoms with van der Waals surface area (Å²) in [4.78, 5) is 12.7. The zero-order valence-electron chi connectivity index (χ0n) is 19.2. The van der Waals surface area contributed by atoms with Crippen molar-refractivity contribution < 1.29 is 9.53 Å². The molecule has 0 aliphatic carbocycles. The molecule has 0 atom stereocenters. The Hall–Kier alpha value is -3.29. The number of hydrogen-bond acceptors (Lipinski definition) is 5. The highest BCUT2D eigenvalue weighted by Gasteiger charge is 2.18. The van der Waals surface area contributed by atoms with Gasteiger partial charge in [-0.05, 0) is 74.9 Å². The van der Waals surface area contributed by atoms with Crippen LogP contribution in [0, 0.1) is 13.8 Å². The van der Waals surface area contributed by atoms with E-state index in [1.54, 1.807) is 12.1 Å². The fraction of sp³-hybridized carbons (Fsp3) is 0.192. The van der Waals surface area contributed by atoms with Crippen LogP contribution in [0.5, 0.6) is 5.75 Å². The molecule has 0 saturated carbocycles. The summed E-state index contributed by atoms with van der Waals surface area (Å²) in [5, 5.41) is 13.1. The van der Waals surface area contributed by atoms with Gasteiger partial charge < -0.3 is 10.1 Å². The maximum atomic E-state index is 12.7. The number of halogens is 1. The first-order valence-corrected chi connectivity index (χ1v) is 12.3. The summed E-state index contributed by atoms with van der Waals surface area (Å²) in [6, 6.07) is 21.3. The summed E-state index contributed by atoms with van der Waals surface area (Å²) in [6.45, 7) is 6.50. The van der Waals surface area contributed by atoms with Gasteiger partial charge in [-0.1, -0.05) is 47.1 Å². The molecule has 0 bridgehead atoms. The molecule has 1 heterocycles. The first kappa shape index (κ1) is 23.9. The minimum Gasteiger partial charge on any atom is -0.494 e. The van der Waals surface area contributed by atoms with Crippen LogP contribution in [0.3, 0.4) is 0 Å². The fourth-order valence-corrected chi connectivity index (χ4v) is 4.49.